The molecule has 0 saturated heterocycles. The quantitative estimate of drug-likeness (QED) is 0.330. The van der Waals surface area contributed by atoms with E-state index in [9.17, 15) is 9.59 Å². The lowest BCUT2D eigenvalue weighted by atomic mass is 9.77. The van der Waals surface area contributed by atoms with E-state index in [0.29, 0.717) is 6.19 Å². The first-order valence-corrected chi connectivity index (χ1v) is 1.56. The molecule has 2 nitrogen and oxygen atoms in total. The molecule has 0 amide bonds. The number of carbonyl (C=O) groups is 2. The van der Waals surface area contributed by atoms with Crippen LogP contribution in [0.15, 0.2) is 0 Å². The maximum atomic E-state index is 9.76. The van der Waals surface area contributed by atoms with E-state index in [1.165, 1.54) is 6.92 Å². The second kappa shape index (κ2) is 2.63. The summed E-state index contributed by atoms with van der Waals surface area (Å²) in [4.78, 5) is 19.1. The molecule has 0 bridgehead atoms. The molecular formula is C3H4BO2. The minimum absolute atomic E-state index is 0.204. The fourth-order valence-electron chi connectivity index (χ4n) is 0.0958. The molecular weight excluding hydrogens is 78.8 g/mol. The van der Waals surface area contributed by atoms with E-state index < -0.39 is 0 Å². The molecule has 0 aromatic rings. The Kier molecular flexibility index (Phi) is 2.37. The van der Waals surface area contributed by atoms with E-state index in [1.807, 2.05) is 0 Å². The third kappa shape index (κ3) is 3.40. The Bertz CT molecular complexity index is 69.2. The van der Waals surface area contributed by atoms with Gasteiger partial charge >= 0.3 is 0 Å². The first kappa shape index (κ1) is 5.40. The summed E-state index contributed by atoms with van der Waals surface area (Å²) in [6, 6.07) is 0. The zero-order valence-corrected chi connectivity index (χ0v) is 3.47. The molecule has 0 rings (SSSR count). The van der Waals surface area contributed by atoms with Gasteiger partial charge in [-0.2, -0.15) is 0 Å². The van der Waals surface area contributed by atoms with E-state index in [-0.39, 0.29) is 5.68 Å². The maximum Gasteiger partial charge on any atom is 0.285 e. The number of rotatable bonds is 2. The Morgan fingerprint density at radius 3 is 2.33 bits per heavy atom. The lowest BCUT2D eigenvalue weighted by Crippen LogP contribution is -2.03. The second-order valence-corrected chi connectivity index (χ2v) is 0.913. The van der Waals surface area contributed by atoms with Gasteiger partial charge in [-0.3, -0.25) is 0 Å². The molecule has 3 heteroatoms. The predicted octanol–water partition coefficient (Wildman–Crippen LogP) is -0.573. The second-order valence-electron chi connectivity index (χ2n) is 0.913. The van der Waals surface area contributed by atoms with Gasteiger partial charge in [0.2, 0.25) is 0 Å². The van der Waals surface area contributed by atoms with E-state index in [2.05, 4.69) is 0 Å². The van der Waals surface area contributed by atoms with Crippen LogP contribution in [0.4, 0.5) is 0 Å². The molecule has 0 aliphatic rings. The molecule has 0 heterocycles. The predicted molar refractivity (Wildman–Crippen MR) is 23.2 cm³/mol. The monoisotopic (exact) mass is 83.0 g/mol. The molecule has 0 fully saturated rings. The molecule has 0 aliphatic heterocycles. The van der Waals surface area contributed by atoms with E-state index in [1.54, 1.807) is 0 Å². The molecule has 0 saturated carbocycles. The summed E-state index contributed by atoms with van der Waals surface area (Å²) in [5.74, 6) is 0. The summed E-state index contributed by atoms with van der Waals surface area (Å²) in [6.45, 7) is 1.33. The normalized spacial score (nSPS) is 6.83. The zero-order chi connectivity index (χ0) is 4.99. The van der Waals surface area contributed by atoms with Gasteiger partial charge in [-0.1, -0.05) is 0 Å². The van der Waals surface area contributed by atoms with Gasteiger partial charge in [0.1, 0.15) is 0 Å². The van der Waals surface area contributed by atoms with Gasteiger partial charge in [0.25, 0.3) is 7.28 Å². The summed E-state index contributed by atoms with van der Waals surface area (Å²) in [5, 5.41) is 0. The molecule has 0 aliphatic carbocycles. The van der Waals surface area contributed by atoms with Crippen LogP contribution in [0.25, 0.3) is 0 Å². The fourth-order valence-corrected chi connectivity index (χ4v) is 0.0958. The highest BCUT2D eigenvalue weighted by Crippen LogP contribution is 1.54. The average molecular weight is 82.9 g/mol. The van der Waals surface area contributed by atoms with Crippen molar-refractivity contribution in [3.05, 3.63) is 0 Å². The van der Waals surface area contributed by atoms with Crippen LogP contribution >= 0.6 is 0 Å². The first-order chi connectivity index (χ1) is 2.77. The SMILES string of the molecule is CC(=O)[B]C=O. The first-order valence-electron chi connectivity index (χ1n) is 1.56. The third-order valence-corrected chi connectivity index (χ3v) is 0.303. The van der Waals surface area contributed by atoms with E-state index in [0.717, 1.165) is 7.28 Å². The molecule has 0 N–H and O–H groups in total. The molecule has 31 valence electrons. The van der Waals surface area contributed by atoms with Gasteiger partial charge in [-0.15, -0.1) is 0 Å². The fraction of sp³-hybridized carbons (Fsp3) is 0.333. The standard InChI is InChI=1S/C3H4BO2/c1-3(6)4-2-5/h2H,1H3. The van der Waals surface area contributed by atoms with E-state index >= 15 is 0 Å². The highest BCUT2D eigenvalue weighted by Gasteiger charge is 1.89. The molecule has 0 aromatic heterocycles. The zero-order valence-electron chi connectivity index (χ0n) is 3.47. The van der Waals surface area contributed by atoms with Crippen molar-refractivity contribution >= 4 is 19.1 Å². The van der Waals surface area contributed by atoms with E-state index in [4.69, 9.17) is 0 Å². The molecule has 0 aromatic carbocycles. The average Bonchev–Trinajstić information content (AvgIpc) is 1.35. The minimum Gasteiger partial charge on any atom is -0.315 e. The van der Waals surface area contributed by atoms with Crippen LogP contribution in [-0.2, 0) is 9.59 Å². The summed E-state index contributed by atoms with van der Waals surface area (Å²) >= 11 is 0. The highest BCUT2D eigenvalue weighted by molar-refractivity contribution is 6.92. The van der Waals surface area contributed by atoms with Gasteiger partial charge < -0.3 is 9.59 Å². The van der Waals surface area contributed by atoms with Crippen LogP contribution in [0.5, 0.6) is 0 Å². The van der Waals surface area contributed by atoms with Crippen molar-refractivity contribution in [1.82, 2.24) is 0 Å². The van der Waals surface area contributed by atoms with Gasteiger partial charge in [-0.25, -0.2) is 0 Å². The smallest absolute Gasteiger partial charge is 0.285 e. The summed E-state index contributed by atoms with van der Waals surface area (Å²) in [7, 11) is 0.972. The van der Waals surface area contributed by atoms with Crippen molar-refractivity contribution < 1.29 is 9.59 Å². The van der Waals surface area contributed by atoms with Crippen LogP contribution < -0.4 is 0 Å². The lowest BCUT2D eigenvalue weighted by Gasteiger charge is -1.68. The van der Waals surface area contributed by atoms with Crippen LogP contribution in [0, 0.1) is 0 Å². The minimum atomic E-state index is -0.204. The Hall–Kier alpha value is -0.595. The van der Waals surface area contributed by atoms with Crippen molar-refractivity contribution in [2.45, 2.75) is 6.92 Å². The van der Waals surface area contributed by atoms with Crippen molar-refractivity contribution in [1.29, 1.82) is 0 Å². The van der Waals surface area contributed by atoms with Crippen LogP contribution in [-0.4, -0.2) is 19.1 Å². The van der Waals surface area contributed by atoms with Crippen LogP contribution in [0.1, 0.15) is 6.92 Å². The van der Waals surface area contributed by atoms with Gasteiger partial charge in [0, 0.05) is 0 Å². The number of hydrogen-bond acceptors (Lipinski definition) is 2. The summed E-state index contributed by atoms with van der Waals surface area (Å²) < 4.78 is 0. The topological polar surface area (TPSA) is 34.1 Å². The van der Waals surface area contributed by atoms with Gasteiger partial charge in [0.15, 0.2) is 0 Å². The molecule has 0 spiro atoms. The Morgan fingerprint density at radius 1 is 1.83 bits per heavy atom. The van der Waals surface area contributed by atoms with Gasteiger partial charge in [0.05, 0.1) is 11.9 Å². The van der Waals surface area contributed by atoms with Crippen molar-refractivity contribution in [2.24, 2.45) is 0 Å². The highest BCUT2D eigenvalue weighted by atomic mass is 16.1. The number of carbonyl (C=O) groups excluding carboxylic acids is 2. The Morgan fingerprint density at radius 2 is 2.33 bits per heavy atom. The summed E-state index contributed by atoms with van der Waals surface area (Å²) in [6.07, 6.45) is 0.475. The van der Waals surface area contributed by atoms with Crippen molar-refractivity contribution in [3.8, 4) is 0 Å². The van der Waals surface area contributed by atoms with Crippen molar-refractivity contribution in [2.75, 3.05) is 0 Å². The van der Waals surface area contributed by atoms with Gasteiger partial charge in [-0.05, 0) is 6.92 Å². The Balaban J connectivity index is 3.05. The lowest BCUT2D eigenvalue weighted by molar-refractivity contribution is -0.110. The van der Waals surface area contributed by atoms with Crippen molar-refractivity contribution in [3.63, 3.8) is 0 Å². The summed E-state index contributed by atoms with van der Waals surface area (Å²) in [5.41, 5.74) is -0.204. The van der Waals surface area contributed by atoms with Crippen LogP contribution in [0.2, 0.25) is 0 Å². The third-order valence-electron chi connectivity index (χ3n) is 0.303. The maximum absolute atomic E-state index is 9.76. The molecule has 0 atom stereocenters. The van der Waals surface area contributed by atoms with Crippen LogP contribution in [0.3, 0.4) is 0 Å². The molecule has 0 unspecified atom stereocenters. The molecule has 1 radical (unpaired) electrons. The largest absolute Gasteiger partial charge is 0.315 e. The number of hydrogen-bond donors (Lipinski definition) is 0. The molecule has 6 heavy (non-hydrogen) atoms. The Labute approximate surface area is 36.8 Å².